The molecule has 0 aliphatic rings. The fraction of sp³-hybridized carbons (Fsp3) is 0.333. The van der Waals surface area contributed by atoms with Gasteiger partial charge >= 0.3 is 0 Å². The number of nitrogens with zero attached hydrogens (tertiary/aromatic N) is 1. The molecule has 4 nitrogen and oxygen atoms in total. The third-order valence-electron chi connectivity index (χ3n) is 2.12. The van der Waals surface area contributed by atoms with E-state index in [2.05, 4.69) is 5.32 Å². The van der Waals surface area contributed by atoms with Crippen LogP contribution in [0.2, 0.25) is 0 Å². The van der Waals surface area contributed by atoms with Crippen LogP contribution in [0, 0.1) is 11.3 Å². The lowest BCUT2D eigenvalue weighted by atomic mass is 10.1. The number of benzene rings is 1. The van der Waals surface area contributed by atoms with Crippen molar-refractivity contribution >= 4 is 17.7 Å². The molecule has 0 aromatic heterocycles. The lowest BCUT2D eigenvalue weighted by Crippen LogP contribution is -2.32. The van der Waals surface area contributed by atoms with Crippen LogP contribution in [0.25, 0.3) is 0 Å². The van der Waals surface area contributed by atoms with Gasteiger partial charge in [0, 0.05) is 0 Å². The Kier molecular flexibility index (Phi) is 6.15. The third-order valence-corrected chi connectivity index (χ3v) is 2.92. The van der Waals surface area contributed by atoms with E-state index in [0.29, 0.717) is 5.75 Å². The fourth-order valence-electron chi connectivity index (χ4n) is 1.35. The minimum absolute atomic E-state index is 0.140. The fourth-order valence-corrected chi connectivity index (χ4v) is 1.81. The van der Waals surface area contributed by atoms with Crippen LogP contribution in [-0.2, 0) is 4.79 Å². The highest BCUT2D eigenvalue weighted by atomic mass is 32.2. The zero-order valence-corrected chi connectivity index (χ0v) is 10.1. The minimum Gasteiger partial charge on any atom is -0.394 e. The summed E-state index contributed by atoms with van der Waals surface area (Å²) in [6.45, 7) is -0.140. The maximum absolute atomic E-state index is 11.5. The van der Waals surface area contributed by atoms with Crippen molar-refractivity contribution in [3.63, 3.8) is 0 Å². The van der Waals surface area contributed by atoms with Gasteiger partial charge in [-0.2, -0.15) is 5.26 Å². The molecule has 90 valence electrons. The molecular formula is C12H14N2O2S. The summed E-state index contributed by atoms with van der Waals surface area (Å²) in [4.78, 5) is 11.5. The van der Waals surface area contributed by atoms with Crippen LogP contribution in [0.3, 0.4) is 0 Å². The van der Waals surface area contributed by atoms with Gasteiger partial charge in [0.15, 0.2) is 0 Å². The minimum atomic E-state index is -0.383. The van der Waals surface area contributed by atoms with Crippen molar-refractivity contribution in [2.45, 2.75) is 6.04 Å². The van der Waals surface area contributed by atoms with E-state index in [0.717, 1.165) is 5.56 Å². The number of rotatable bonds is 6. The number of carbonyl (C=O) groups excluding carboxylic acids is 1. The van der Waals surface area contributed by atoms with Gasteiger partial charge in [-0.25, -0.2) is 0 Å². The van der Waals surface area contributed by atoms with E-state index in [1.807, 2.05) is 36.4 Å². The van der Waals surface area contributed by atoms with Gasteiger partial charge in [0.25, 0.3) is 0 Å². The molecule has 0 radical (unpaired) electrons. The van der Waals surface area contributed by atoms with Gasteiger partial charge in [0.2, 0.25) is 5.91 Å². The first-order chi connectivity index (χ1) is 8.27. The van der Waals surface area contributed by atoms with Crippen molar-refractivity contribution < 1.29 is 9.90 Å². The second-order valence-corrected chi connectivity index (χ2v) is 4.35. The monoisotopic (exact) mass is 250 g/mol. The lowest BCUT2D eigenvalue weighted by molar-refractivity contribution is -0.119. The molecule has 2 N–H and O–H groups in total. The number of thioether (sulfide) groups is 1. The van der Waals surface area contributed by atoms with E-state index in [4.69, 9.17) is 5.26 Å². The lowest BCUT2D eigenvalue weighted by Gasteiger charge is -2.16. The SMILES string of the molecule is N#CCSCC(=O)NC(CO)c1ccccc1. The van der Waals surface area contributed by atoms with Gasteiger partial charge in [-0.05, 0) is 5.56 Å². The van der Waals surface area contributed by atoms with Crippen molar-refractivity contribution in [1.29, 1.82) is 5.26 Å². The largest absolute Gasteiger partial charge is 0.394 e. The first-order valence-corrected chi connectivity index (χ1v) is 6.33. The van der Waals surface area contributed by atoms with Crippen molar-refractivity contribution in [1.82, 2.24) is 5.32 Å². The van der Waals surface area contributed by atoms with Crippen LogP contribution in [0.5, 0.6) is 0 Å². The van der Waals surface area contributed by atoms with Gasteiger partial charge in [-0.15, -0.1) is 11.8 Å². The number of hydrogen-bond donors (Lipinski definition) is 2. The van der Waals surface area contributed by atoms with Crippen LogP contribution in [0.1, 0.15) is 11.6 Å². The summed E-state index contributed by atoms with van der Waals surface area (Å²) in [5.41, 5.74) is 0.869. The molecule has 5 heteroatoms. The highest BCUT2D eigenvalue weighted by Gasteiger charge is 2.12. The van der Waals surface area contributed by atoms with Crippen molar-refractivity contribution in [3.8, 4) is 6.07 Å². The number of nitrogens with one attached hydrogen (secondary N) is 1. The van der Waals surface area contributed by atoms with Crippen molar-refractivity contribution in [3.05, 3.63) is 35.9 Å². The van der Waals surface area contributed by atoms with Crippen LogP contribution < -0.4 is 5.32 Å². The summed E-state index contributed by atoms with van der Waals surface area (Å²) in [6, 6.07) is 10.9. The molecule has 1 aromatic carbocycles. The van der Waals surface area contributed by atoms with Gasteiger partial charge in [0.05, 0.1) is 30.2 Å². The Labute approximate surface area is 105 Å². The Bertz CT molecular complexity index is 389. The summed E-state index contributed by atoms with van der Waals surface area (Å²) < 4.78 is 0. The molecule has 17 heavy (non-hydrogen) atoms. The number of amides is 1. The number of hydrogen-bond acceptors (Lipinski definition) is 4. The first-order valence-electron chi connectivity index (χ1n) is 5.17. The predicted molar refractivity (Wildman–Crippen MR) is 67.3 cm³/mol. The highest BCUT2D eigenvalue weighted by molar-refractivity contribution is 8.00. The second-order valence-electron chi connectivity index (χ2n) is 3.36. The van der Waals surface area contributed by atoms with Crippen LogP contribution in [0.15, 0.2) is 30.3 Å². The summed E-state index contributed by atoms with van der Waals surface area (Å²) in [7, 11) is 0. The molecule has 0 saturated heterocycles. The molecule has 0 spiro atoms. The van der Waals surface area contributed by atoms with E-state index in [-0.39, 0.29) is 24.3 Å². The van der Waals surface area contributed by atoms with E-state index >= 15 is 0 Å². The van der Waals surface area contributed by atoms with E-state index in [1.54, 1.807) is 0 Å². The van der Waals surface area contributed by atoms with Gasteiger partial charge in [-0.3, -0.25) is 4.79 Å². The number of aliphatic hydroxyl groups is 1. The molecule has 0 fully saturated rings. The van der Waals surface area contributed by atoms with Crippen LogP contribution >= 0.6 is 11.8 Å². The van der Waals surface area contributed by atoms with Gasteiger partial charge in [-0.1, -0.05) is 30.3 Å². The Morgan fingerprint density at radius 2 is 2.18 bits per heavy atom. The Balaban J connectivity index is 2.48. The van der Waals surface area contributed by atoms with Gasteiger partial charge < -0.3 is 10.4 Å². The average molecular weight is 250 g/mol. The summed E-state index contributed by atoms with van der Waals surface area (Å²) in [5.74, 6) is 0.354. The third kappa shape index (κ3) is 4.89. The molecule has 0 saturated carbocycles. The molecule has 1 amide bonds. The van der Waals surface area contributed by atoms with Gasteiger partial charge in [0.1, 0.15) is 0 Å². The summed E-state index contributed by atoms with van der Waals surface area (Å²) in [6.07, 6.45) is 0. The Morgan fingerprint density at radius 3 is 2.76 bits per heavy atom. The average Bonchev–Trinajstić information content (AvgIpc) is 2.37. The quantitative estimate of drug-likeness (QED) is 0.741. The summed E-state index contributed by atoms with van der Waals surface area (Å²) in [5, 5.41) is 20.3. The molecule has 1 rings (SSSR count). The predicted octanol–water partition coefficient (Wildman–Crippen LogP) is 1.09. The number of carbonyl (C=O) groups is 1. The second kappa shape index (κ2) is 7.71. The van der Waals surface area contributed by atoms with Crippen molar-refractivity contribution in [2.24, 2.45) is 0 Å². The zero-order valence-electron chi connectivity index (χ0n) is 9.30. The molecule has 1 atom stereocenters. The maximum Gasteiger partial charge on any atom is 0.230 e. The maximum atomic E-state index is 11.5. The molecule has 1 aromatic rings. The molecule has 0 aliphatic heterocycles. The Morgan fingerprint density at radius 1 is 1.47 bits per heavy atom. The van der Waals surface area contributed by atoms with E-state index in [9.17, 15) is 9.90 Å². The summed E-state index contributed by atoms with van der Waals surface area (Å²) >= 11 is 1.25. The molecule has 0 heterocycles. The molecule has 1 unspecified atom stereocenters. The first kappa shape index (κ1) is 13.6. The smallest absolute Gasteiger partial charge is 0.230 e. The topological polar surface area (TPSA) is 73.1 Å². The normalized spacial score (nSPS) is 11.5. The zero-order chi connectivity index (χ0) is 12.5. The Hall–Kier alpha value is -1.51. The molecular weight excluding hydrogens is 236 g/mol. The standard InChI is InChI=1S/C12H14N2O2S/c13-6-7-17-9-12(16)14-11(8-15)10-4-2-1-3-5-10/h1-5,11,15H,7-9H2,(H,14,16). The van der Waals surface area contributed by atoms with Crippen LogP contribution in [0.4, 0.5) is 0 Å². The highest BCUT2D eigenvalue weighted by Crippen LogP contribution is 2.11. The number of nitriles is 1. The van der Waals surface area contributed by atoms with Crippen molar-refractivity contribution in [2.75, 3.05) is 18.1 Å². The van der Waals surface area contributed by atoms with E-state index < -0.39 is 0 Å². The van der Waals surface area contributed by atoms with E-state index in [1.165, 1.54) is 11.8 Å². The molecule has 0 aliphatic carbocycles. The van der Waals surface area contributed by atoms with Crippen LogP contribution in [-0.4, -0.2) is 29.1 Å². The molecule has 0 bridgehead atoms. The number of aliphatic hydroxyl groups excluding tert-OH is 1.